The minimum absolute atomic E-state index is 0.152. The molecule has 0 heterocycles. The van der Waals surface area contributed by atoms with Gasteiger partial charge in [0.2, 0.25) is 0 Å². The summed E-state index contributed by atoms with van der Waals surface area (Å²) >= 11 is 0. The Balaban J connectivity index is 1.73. The van der Waals surface area contributed by atoms with Gasteiger partial charge in [-0.2, -0.15) is 0 Å². The van der Waals surface area contributed by atoms with Gasteiger partial charge in [0.15, 0.2) is 0 Å². The molecule has 1 saturated carbocycles. The van der Waals surface area contributed by atoms with Gasteiger partial charge in [-0.3, -0.25) is 0 Å². The van der Waals surface area contributed by atoms with Crippen LogP contribution in [0.2, 0.25) is 0 Å². The van der Waals surface area contributed by atoms with Gasteiger partial charge in [-0.1, -0.05) is 70.6 Å². The molecule has 0 aromatic carbocycles. The Morgan fingerprint density at radius 2 is 1.83 bits per heavy atom. The van der Waals surface area contributed by atoms with Crippen molar-refractivity contribution in [2.75, 3.05) is 0 Å². The third kappa shape index (κ3) is 4.98. The van der Waals surface area contributed by atoms with E-state index in [0.29, 0.717) is 23.2 Å². The highest BCUT2D eigenvalue weighted by atomic mass is 16.3. The zero-order chi connectivity index (χ0) is 21.2. The van der Waals surface area contributed by atoms with E-state index in [1.807, 2.05) is 0 Å². The lowest BCUT2D eigenvalue weighted by Gasteiger charge is -2.42. The number of hydrogen-bond donors (Lipinski definition) is 1. The van der Waals surface area contributed by atoms with Crippen LogP contribution >= 0.6 is 0 Å². The topological polar surface area (TPSA) is 20.2 Å². The quantitative estimate of drug-likeness (QED) is 0.457. The Hall–Kier alpha value is -1.08. The predicted octanol–water partition coefficient (Wildman–Crippen LogP) is 7.64. The second kappa shape index (κ2) is 9.38. The van der Waals surface area contributed by atoms with Gasteiger partial charge in [0.1, 0.15) is 0 Å². The van der Waals surface area contributed by atoms with Crippen LogP contribution in [-0.4, -0.2) is 11.2 Å². The molecule has 3 aliphatic carbocycles. The van der Waals surface area contributed by atoms with Gasteiger partial charge < -0.3 is 5.11 Å². The second-order valence-corrected chi connectivity index (χ2v) is 10.9. The lowest BCUT2D eigenvalue weighted by molar-refractivity contribution is 0.129. The van der Waals surface area contributed by atoms with Crippen molar-refractivity contribution in [3.63, 3.8) is 0 Å². The first kappa shape index (κ1) is 22.6. The Kier molecular flexibility index (Phi) is 7.31. The van der Waals surface area contributed by atoms with Gasteiger partial charge in [-0.05, 0) is 98.0 Å². The molecule has 3 aliphatic rings. The Bertz CT molecular complexity index is 691. The number of hydrogen-bond acceptors (Lipinski definition) is 1. The first-order valence-corrected chi connectivity index (χ1v) is 12.2. The molecule has 0 saturated heterocycles. The summed E-state index contributed by atoms with van der Waals surface area (Å²) < 4.78 is 0. The van der Waals surface area contributed by atoms with E-state index in [-0.39, 0.29) is 6.10 Å². The predicted molar refractivity (Wildman–Crippen MR) is 126 cm³/mol. The lowest BCUT2D eigenvalue weighted by Crippen LogP contribution is -2.34. The van der Waals surface area contributed by atoms with Crippen molar-refractivity contribution in [3.05, 3.63) is 47.1 Å². The number of fused-ring (bicyclic) bond motifs is 1. The molecule has 0 aromatic heterocycles. The van der Waals surface area contributed by atoms with Crippen molar-refractivity contribution in [2.45, 2.75) is 92.6 Å². The summed E-state index contributed by atoms with van der Waals surface area (Å²) in [5.74, 6) is 3.53. The van der Waals surface area contributed by atoms with E-state index in [2.05, 4.69) is 71.9 Å². The maximum atomic E-state index is 10.1. The molecule has 0 aromatic rings. The molecule has 29 heavy (non-hydrogen) atoms. The molecule has 6 atom stereocenters. The lowest BCUT2D eigenvalue weighted by atomic mass is 9.62. The molecule has 162 valence electrons. The van der Waals surface area contributed by atoms with Gasteiger partial charge in [0.05, 0.1) is 6.10 Å². The number of rotatable bonds is 6. The fourth-order valence-electron chi connectivity index (χ4n) is 6.10. The van der Waals surface area contributed by atoms with Crippen LogP contribution in [0.15, 0.2) is 47.1 Å². The third-order valence-electron chi connectivity index (χ3n) is 8.61. The highest BCUT2D eigenvalue weighted by Gasteiger charge is 2.49. The van der Waals surface area contributed by atoms with Gasteiger partial charge in [-0.15, -0.1) is 0 Å². The summed E-state index contributed by atoms with van der Waals surface area (Å²) in [4.78, 5) is 0. The third-order valence-corrected chi connectivity index (χ3v) is 8.61. The molecule has 4 unspecified atom stereocenters. The van der Waals surface area contributed by atoms with Gasteiger partial charge in [-0.25, -0.2) is 0 Å². The maximum absolute atomic E-state index is 10.1. The average molecular weight is 397 g/mol. The van der Waals surface area contributed by atoms with E-state index in [1.54, 1.807) is 5.57 Å². The molecule has 1 N–H and O–H groups in total. The summed E-state index contributed by atoms with van der Waals surface area (Å²) in [6.07, 6.45) is 20.1. The molecular formula is C28H44O. The normalized spacial score (nSPS) is 35.4. The highest BCUT2D eigenvalue weighted by Crippen LogP contribution is 2.58. The number of aliphatic hydroxyl groups excluding tert-OH is 1. The van der Waals surface area contributed by atoms with E-state index in [1.165, 1.54) is 36.8 Å². The van der Waals surface area contributed by atoms with Crippen LogP contribution in [0.3, 0.4) is 0 Å². The van der Waals surface area contributed by atoms with Crippen molar-refractivity contribution in [1.29, 1.82) is 0 Å². The van der Waals surface area contributed by atoms with Gasteiger partial charge in [0, 0.05) is 0 Å². The first-order valence-electron chi connectivity index (χ1n) is 12.2. The zero-order valence-corrected chi connectivity index (χ0v) is 19.7. The maximum Gasteiger partial charge on any atom is 0.0583 e. The second-order valence-electron chi connectivity index (χ2n) is 10.9. The highest BCUT2D eigenvalue weighted by molar-refractivity contribution is 5.36. The molecule has 0 radical (unpaired) electrons. The van der Waals surface area contributed by atoms with E-state index >= 15 is 0 Å². The molecule has 1 fully saturated rings. The van der Waals surface area contributed by atoms with Crippen LogP contribution < -0.4 is 0 Å². The average Bonchev–Trinajstić information content (AvgIpc) is 3.04. The Morgan fingerprint density at radius 1 is 1.07 bits per heavy atom. The van der Waals surface area contributed by atoms with Crippen molar-refractivity contribution >= 4 is 0 Å². The first-order chi connectivity index (χ1) is 13.7. The number of aliphatic hydroxyl groups is 1. The van der Waals surface area contributed by atoms with Crippen LogP contribution in [0.1, 0.15) is 86.5 Å². The zero-order valence-electron chi connectivity index (χ0n) is 19.7. The molecule has 0 aliphatic heterocycles. The van der Waals surface area contributed by atoms with Crippen LogP contribution in [0.5, 0.6) is 0 Å². The summed E-state index contributed by atoms with van der Waals surface area (Å²) in [5.41, 5.74) is 4.82. The van der Waals surface area contributed by atoms with Crippen molar-refractivity contribution in [1.82, 2.24) is 0 Å². The van der Waals surface area contributed by atoms with E-state index in [4.69, 9.17) is 0 Å². The Morgan fingerprint density at radius 3 is 2.55 bits per heavy atom. The Labute approximate surface area is 180 Å². The van der Waals surface area contributed by atoms with Crippen LogP contribution in [0.25, 0.3) is 0 Å². The van der Waals surface area contributed by atoms with Crippen molar-refractivity contribution in [3.8, 4) is 0 Å². The minimum atomic E-state index is -0.152. The largest absolute Gasteiger partial charge is 0.393 e. The fourth-order valence-corrected chi connectivity index (χ4v) is 6.10. The molecule has 3 rings (SSSR count). The molecule has 1 heteroatoms. The monoisotopic (exact) mass is 396 g/mol. The SMILES string of the molecule is CC1=C(C=CC2=CCC[C@@]3(C)C2CCC3C(C)/C=C/C(C)C(C)C)C[C@H](O)CC1. The van der Waals surface area contributed by atoms with Crippen LogP contribution in [0, 0.1) is 35.0 Å². The smallest absolute Gasteiger partial charge is 0.0583 e. The standard InChI is InChI=1S/C28H44O/c1-19(2)20(3)9-10-22(5)26-15-16-27-23(8-7-17-28(26,27)6)12-13-24-18-25(29)14-11-21(24)4/h8-10,12-13,19-20,22,25-27,29H,7,11,14-18H2,1-6H3/b10-9+,13-12?/t20?,22?,25-,26?,27?,28-/m1/s1. The fraction of sp³-hybridized carbons (Fsp3) is 0.714. The summed E-state index contributed by atoms with van der Waals surface area (Å²) in [6.45, 7) is 14.2. The molecule has 0 spiro atoms. The molecule has 0 bridgehead atoms. The summed E-state index contributed by atoms with van der Waals surface area (Å²) in [5, 5.41) is 10.1. The van der Waals surface area contributed by atoms with Crippen LogP contribution in [0.4, 0.5) is 0 Å². The molecule has 1 nitrogen and oxygen atoms in total. The molecule has 0 amide bonds. The van der Waals surface area contributed by atoms with Crippen LogP contribution in [-0.2, 0) is 0 Å². The van der Waals surface area contributed by atoms with Gasteiger partial charge >= 0.3 is 0 Å². The minimum Gasteiger partial charge on any atom is -0.393 e. The van der Waals surface area contributed by atoms with Crippen molar-refractivity contribution < 1.29 is 5.11 Å². The van der Waals surface area contributed by atoms with E-state index < -0.39 is 0 Å². The van der Waals surface area contributed by atoms with E-state index in [0.717, 1.165) is 31.1 Å². The summed E-state index contributed by atoms with van der Waals surface area (Å²) in [6, 6.07) is 0. The van der Waals surface area contributed by atoms with Gasteiger partial charge in [0.25, 0.3) is 0 Å². The number of allylic oxidation sites excluding steroid dienone is 7. The molecular weight excluding hydrogens is 352 g/mol. The van der Waals surface area contributed by atoms with Crippen molar-refractivity contribution in [2.24, 2.45) is 35.0 Å². The van der Waals surface area contributed by atoms with E-state index in [9.17, 15) is 5.11 Å². The summed E-state index contributed by atoms with van der Waals surface area (Å²) in [7, 11) is 0.